The third-order valence-electron chi connectivity index (χ3n) is 3.65. The molecule has 114 valence electrons. The molecule has 0 aliphatic carbocycles. The van der Waals surface area contributed by atoms with Gasteiger partial charge in [0, 0.05) is 10.6 Å². The van der Waals surface area contributed by atoms with Gasteiger partial charge >= 0.3 is 0 Å². The SMILES string of the molecule is N#COCC1C=Cc2ccccc2N1C(=O)c1ccc(Cl)cc1. The Kier molecular flexibility index (Phi) is 4.31. The summed E-state index contributed by atoms with van der Waals surface area (Å²) in [5.74, 6) is -0.162. The fourth-order valence-electron chi connectivity index (χ4n) is 2.57. The van der Waals surface area contributed by atoms with Crippen molar-refractivity contribution in [3.8, 4) is 6.26 Å². The lowest BCUT2D eigenvalue weighted by Gasteiger charge is -2.33. The molecule has 1 atom stereocenters. The molecule has 1 amide bonds. The summed E-state index contributed by atoms with van der Waals surface area (Å²) in [6.07, 6.45) is 5.46. The van der Waals surface area contributed by atoms with E-state index in [1.165, 1.54) is 0 Å². The highest BCUT2D eigenvalue weighted by atomic mass is 35.5. The molecule has 1 heterocycles. The Balaban J connectivity index is 2.00. The van der Waals surface area contributed by atoms with Crippen molar-refractivity contribution in [2.45, 2.75) is 6.04 Å². The van der Waals surface area contributed by atoms with Gasteiger partial charge in [-0.25, -0.2) is 0 Å². The Morgan fingerprint density at radius 2 is 1.96 bits per heavy atom. The molecule has 0 saturated carbocycles. The first-order chi connectivity index (χ1) is 11.2. The Bertz CT molecular complexity index is 793. The molecule has 0 fully saturated rings. The molecule has 0 aromatic heterocycles. The number of para-hydroxylation sites is 1. The highest BCUT2D eigenvalue weighted by Crippen LogP contribution is 2.30. The van der Waals surface area contributed by atoms with Crippen molar-refractivity contribution in [2.24, 2.45) is 0 Å². The number of halogens is 1. The standard InChI is InChI=1S/C18H13ClN2O2/c19-15-8-5-14(6-9-15)18(22)21-16(11-23-12-20)10-7-13-3-1-2-4-17(13)21/h1-10,16H,11H2. The summed E-state index contributed by atoms with van der Waals surface area (Å²) in [5.41, 5.74) is 2.27. The zero-order valence-corrected chi connectivity index (χ0v) is 12.9. The van der Waals surface area contributed by atoms with Gasteiger partial charge < -0.3 is 4.74 Å². The van der Waals surface area contributed by atoms with Gasteiger partial charge in [0.25, 0.3) is 12.2 Å². The number of carbonyl (C=O) groups is 1. The van der Waals surface area contributed by atoms with Crippen LogP contribution in [-0.4, -0.2) is 18.6 Å². The van der Waals surface area contributed by atoms with Crippen molar-refractivity contribution >= 4 is 29.3 Å². The fraction of sp³-hybridized carbons (Fsp3) is 0.111. The molecular formula is C18H13ClN2O2. The maximum atomic E-state index is 13.0. The molecule has 4 nitrogen and oxygen atoms in total. The molecule has 1 aliphatic rings. The van der Waals surface area contributed by atoms with Crippen molar-refractivity contribution < 1.29 is 9.53 Å². The van der Waals surface area contributed by atoms with E-state index in [9.17, 15) is 4.79 Å². The number of hydrogen-bond donors (Lipinski definition) is 0. The van der Waals surface area contributed by atoms with Gasteiger partial charge in [0.2, 0.25) is 0 Å². The van der Waals surface area contributed by atoms with Crippen molar-refractivity contribution in [3.05, 3.63) is 70.8 Å². The minimum Gasteiger partial charge on any atom is -0.425 e. The van der Waals surface area contributed by atoms with Gasteiger partial charge in [0.15, 0.2) is 0 Å². The van der Waals surface area contributed by atoms with E-state index in [0.29, 0.717) is 10.6 Å². The summed E-state index contributed by atoms with van der Waals surface area (Å²) in [5, 5.41) is 9.22. The number of amides is 1. The van der Waals surface area contributed by atoms with Crippen LogP contribution < -0.4 is 4.90 Å². The van der Waals surface area contributed by atoms with Crippen LogP contribution in [0.1, 0.15) is 15.9 Å². The topological polar surface area (TPSA) is 53.3 Å². The highest BCUT2D eigenvalue weighted by Gasteiger charge is 2.29. The lowest BCUT2D eigenvalue weighted by Crippen LogP contribution is -2.43. The molecule has 23 heavy (non-hydrogen) atoms. The first kappa shape index (κ1) is 15.1. The van der Waals surface area contributed by atoms with Crippen molar-refractivity contribution in [1.29, 1.82) is 5.26 Å². The third-order valence-corrected chi connectivity index (χ3v) is 3.91. The minimum atomic E-state index is -0.340. The van der Waals surface area contributed by atoms with E-state index in [1.807, 2.05) is 36.4 Å². The van der Waals surface area contributed by atoms with Crippen LogP contribution in [-0.2, 0) is 4.74 Å². The Hall–Kier alpha value is -2.77. The highest BCUT2D eigenvalue weighted by molar-refractivity contribution is 6.30. The van der Waals surface area contributed by atoms with Crippen LogP contribution in [0.15, 0.2) is 54.6 Å². The van der Waals surface area contributed by atoms with Crippen LogP contribution in [0, 0.1) is 11.5 Å². The van der Waals surface area contributed by atoms with E-state index in [1.54, 1.807) is 35.4 Å². The third kappa shape index (κ3) is 3.05. The predicted molar refractivity (Wildman–Crippen MR) is 89.1 cm³/mol. The van der Waals surface area contributed by atoms with Crippen LogP contribution in [0.25, 0.3) is 6.08 Å². The summed E-state index contributed by atoms with van der Waals surface area (Å²) >= 11 is 5.89. The second kappa shape index (κ2) is 6.55. The van der Waals surface area contributed by atoms with Crippen molar-refractivity contribution in [3.63, 3.8) is 0 Å². The molecule has 5 heteroatoms. The first-order valence-corrected chi connectivity index (χ1v) is 7.46. The molecule has 2 aromatic carbocycles. The summed E-state index contributed by atoms with van der Waals surface area (Å²) in [6.45, 7) is 0.112. The van der Waals surface area contributed by atoms with Crippen LogP contribution in [0.5, 0.6) is 0 Å². The maximum Gasteiger partial charge on any atom is 0.286 e. The Morgan fingerprint density at radius 3 is 2.70 bits per heavy atom. The van der Waals surface area contributed by atoms with Crippen molar-refractivity contribution in [2.75, 3.05) is 11.5 Å². The number of carbonyl (C=O) groups excluding carboxylic acids is 1. The van der Waals surface area contributed by atoms with E-state index in [0.717, 1.165) is 11.3 Å². The molecule has 0 saturated heterocycles. The zero-order chi connectivity index (χ0) is 16.2. The van der Waals surface area contributed by atoms with E-state index in [2.05, 4.69) is 0 Å². The molecule has 1 unspecified atom stereocenters. The number of benzene rings is 2. The number of hydrogen-bond acceptors (Lipinski definition) is 3. The van der Waals surface area contributed by atoms with Gasteiger partial charge in [-0.2, -0.15) is 5.26 Å². The van der Waals surface area contributed by atoms with E-state index in [4.69, 9.17) is 21.6 Å². The molecule has 0 N–H and O–H groups in total. The van der Waals surface area contributed by atoms with Gasteiger partial charge in [-0.05, 0) is 35.9 Å². The number of nitriles is 1. The summed E-state index contributed by atoms with van der Waals surface area (Å²) in [4.78, 5) is 14.6. The molecule has 1 aliphatic heterocycles. The first-order valence-electron chi connectivity index (χ1n) is 7.08. The van der Waals surface area contributed by atoms with E-state index < -0.39 is 0 Å². The van der Waals surface area contributed by atoms with Crippen LogP contribution >= 0.6 is 11.6 Å². The number of ether oxygens (including phenoxy) is 1. The molecule has 0 radical (unpaired) electrons. The Labute approximate surface area is 139 Å². The van der Waals surface area contributed by atoms with Gasteiger partial charge in [0.05, 0.1) is 11.7 Å². The van der Waals surface area contributed by atoms with Crippen LogP contribution in [0.4, 0.5) is 5.69 Å². The average molecular weight is 325 g/mol. The second-order valence-corrected chi connectivity index (χ2v) is 5.51. The number of nitrogens with zero attached hydrogens (tertiary/aromatic N) is 2. The van der Waals surface area contributed by atoms with Crippen molar-refractivity contribution in [1.82, 2.24) is 0 Å². The van der Waals surface area contributed by atoms with Gasteiger partial charge in [-0.15, -0.1) is 0 Å². The predicted octanol–water partition coefficient (Wildman–Crippen LogP) is 3.88. The summed E-state index contributed by atoms with van der Waals surface area (Å²) < 4.78 is 4.86. The smallest absolute Gasteiger partial charge is 0.286 e. The molecule has 3 rings (SSSR count). The summed E-state index contributed by atoms with van der Waals surface area (Å²) in [6, 6.07) is 14.0. The molecule has 0 spiro atoms. The molecular weight excluding hydrogens is 312 g/mol. The van der Waals surface area contributed by atoms with E-state index in [-0.39, 0.29) is 18.6 Å². The monoisotopic (exact) mass is 324 g/mol. The van der Waals surface area contributed by atoms with Gasteiger partial charge in [0.1, 0.15) is 6.61 Å². The largest absolute Gasteiger partial charge is 0.425 e. The lowest BCUT2D eigenvalue weighted by atomic mass is 10.0. The molecule has 0 bridgehead atoms. The number of fused-ring (bicyclic) bond motifs is 1. The zero-order valence-electron chi connectivity index (χ0n) is 12.1. The quantitative estimate of drug-likeness (QED) is 0.805. The number of anilines is 1. The summed E-state index contributed by atoms with van der Waals surface area (Å²) in [7, 11) is 0. The van der Waals surface area contributed by atoms with Gasteiger partial charge in [-0.3, -0.25) is 9.69 Å². The average Bonchev–Trinajstić information content (AvgIpc) is 2.59. The maximum absolute atomic E-state index is 13.0. The fourth-order valence-corrected chi connectivity index (χ4v) is 2.70. The van der Waals surface area contributed by atoms with Gasteiger partial charge in [-0.1, -0.05) is 42.0 Å². The van der Waals surface area contributed by atoms with Crippen LogP contribution in [0.2, 0.25) is 5.02 Å². The molecule has 2 aromatic rings. The van der Waals surface area contributed by atoms with Crippen LogP contribution in [0.3, 0.4) is 0 Å². The van der Waals surface area contributed by atoms with E-state index >= 15 is 0 Å². The minimum absolute atomic E-state index is 0.112. The second-order valence-electron chi connectivity index (χ2n) is 5.07. The normalized spacial score (nSPS) is 15.7. The lowest BCUT2D eigenvalue weighted by molar-refractivity contribution is 0.0970. The number of rotatable bonds is 3. The Morgan fingerprint density at radius 1 is 1.22 bits per heavy atom.